The third-order valence-electron chi connectivity index (χ3n) is 3.88. The van der Waals surface area contributed by atoms with Crippen molar-refractivity contribution in [3.63, 3.8) is 0 Å². The normalized spacial score (nSPS) is 12.6. The van der Waals surface area contributed by atoms with Crippen molar-refractivity contribution in [3.05, 3.63) is 34.6 Å². The molecular weight excluding hydrogens is 364 g/mol. The lowest BCUT2D eigenvalue weighted by Gasteiger charge is -2.20. The summed E-state index contributed by atoms with van der Waals surface area (Å²) >= 11 is 1.15. The molecule has 0 bridgehead atoms. The van der Waals surface area contributed by atoms with Crippen LogP contribution in [0.5, 0.6) is 0 Å². The summed E-state index contributed by atoms with van der Waals surface area (Å²) in [6.45, 7) is 9.42. The molecule has 7 nitrogen and oxygen atoms in total. The van der Waals surface area contributed by atoms with E-state index in [9.17, 15) is 14.4 Å². The SMILES string of the molecule is CC[C@@H](C)n1c(SCC(=O)NC(=O)NC(C)(C)C)nc2ccccc2c1=O. The van der Waals surface area contributed by atoms with Gasteiger partial charge in [-0.05, 0) is 46.2 Å². The van der Waals surface area contributed by atoms with Crippen molar-refractivity contribution in [2.45, 2.75) is 57.8 Å². The Balaban J connectivity index is 2.21. The molecule has 1 heterocycles. The summed E-state index contributed by atoms with van der Waals surface area (Å²) in [6, 6.07) is 6.56. The lowest BCUT2D eigenvalue weighted by Crippen LogP contribution is -2.48. The first kappa shape index (κ1) is 21.0. The number of amides is 3. The molecule has 0 radical (unpaired) electrons. The van der Waals surface area contributed by atoms with E-state index < -0.39 is 17.5 Å². The minimum absolute atomic E-state index is 0.0151. The van der Waals surface area contributed by atoms with Gasteiger partial charge in [0.2, 0.25) is 5.91 Å². The molecule has 8 heteroatoms. The van der Waals surface area contributed by atoms with Gasteiger partial charge in [-0.25, -0.2) is 9.78 Å². The fourth-order valence-electron chi connectivity index (χ4n) is 2.46. The molecule has 2 aromatic rings. The fraction of sp³-hybridized carbons (Fsp3) is 0.474. The maximum Gasteiger partial charge on any atom is 0.321 e. The van der Waals surface area contributed by atoms with Gasteiger partial charge in [0.15, 0.2) is 5.16 Å². The number of benzene rings is 1. The van der Waals surface area contributed by atoms with Crippen LogP contribution in [0.25, 0.3) is 10.9 Å². The Kier molecular flexibility index (Phi) is 6.64. The standard InChI is InChI=1S/C19H26N4O3S/c1-6-12(2)23-16(25)13-9-7-8-10-14(13)20-18(23)27-11-15(24)21-17(26)22-19(3,4)5/h7-10,12H,6,11H2,1-5H3,(H2,21,22,24,26)/t12-/m1/s1. The van der Waals surface area contributed by atoms with Crippen LogP contribution in [0, 0.1) is 0 Å². The van der Waals surface area contributed by atoms with E-state index in [1.54, 1.807) is 22.8 Å². The monoisotopic (exact) mass is 390 g/mol. The summed E-state index contributed by atoms with van der Waals surface area (Å²) in [7, 11) is 0. The number of hydrogen-bond donors (Lipinski definition) is 2. The first-order chi connectivity index (χ1) is 12.6. The number of imide groups is 1. The average Bonchev–Trinajstić information content (AvgIpc) is 2.57. The van der Waals surface area contributed by atoms with Gasteiger partial charge in [0, 0.05) is 11.6 Å². The lowest BCUT2D eigenvalue weighted by molar-refractivity contribution is -0.117. The topological polar surface area (TPSA) is 93.1 Å². The molecule has 0 saturated heterocycles. The number of fused-ring (bicyclic) bond motifs is 1. The highest BCUT2D eigenvalue weighted by Crippen LogP contribution is 2.22. The predicted molar refractivity (Wildman–Crippen MR) is 108 cm³/mol. The maximum atomic E-state index is 12.9. The van der Waals surface area contributed by atoms with Crippen LogP contribution < -0.4 is 16.2 Å². The second kappa shape index (κ2) is 8.56. The first-order valence-electron chi connectivity index (χ1n) is 8.88. The van der Waals surface area contributed by atoms with Gasteiger partial charge in [-0.3, -0.25) is 19.5 Å². The Bertz CT molecular complexity index is 902. The van der Waals surface area contributed by atoms with Crippen LogP contribution >= 0.6 is 11.8 Å². The van der Waals surface area contributed by atoms with Gasteiger partial charge in [0.1, 0.15) is 0 Å². The number of rotatable bonds is 5. The van der Waals surface area contributed by atoms with Crippen molar-refractivity contribution in [1.82, 2.24) is 20.2 Å². The molecule has 1 atom stereocenters. The Hall–Kier alpha value is -2.35. The van der Waals surface area contributed by atoms with Crippen LogP contribution in [0.1, 0.15) is 47.1 Å². The molecule has 1 aromatic carbocycles. The number of hydrogen-bond acceptors (Lipinski definition) is 5. The zero-order valence-electron chi connectivity index (χ0n) is 16.3. The minimum atomic E-state index is -0.543. The lowest BCUT2D eigenvalue weighted by atomic mass is 10.1. The molecule has 0 spiro atoms. The van der Waals surface area contributed by atoms with Crippen LogP contribution in [-0.4, -0.2) is 32.8 Å². The van der Waals surface area contributed by atoms with Gasteiger partial charge in [-0.15, -0.1) is 0 Å². The van der Waals surface area contributed by atoms with E-state index in [-0.39, 0.29) is 17.4 Å². The minimum Gasteiger partial charge on any atom is -0.333 e. The molecule has 1 aromatic heterocycles. The Labute approximate surface area is 162 Å². The Morgan fingerprint density at radius 3 is 2.56 bits per heavy atom. The number of nitrogens with zero attached hydrogens (tertiary/aromatic N) is 2. The van der Waals surface area contributed by atoms with Crippen LogP contribution in [-0.2, 0) is 4.79 Å². The van der Waals surface area contributed by atoms with E-state index in [1.165, 1.54) is 0 Å². The maximum absolute atomic E-state index is 12.9. The van der Waals surface area contributed by atoms with Crippen molar-refractivity contribution in [2.75, 3.05) is 5.75 Å². The van der Waals surface area contributed by atoms with Gasteiger partial charge in [0.25, 0.3) is 5.56 Å². The average molecular weight is 391 g/mol. The summed E-state index contributed by atoms with van der Waals surface area (Å²) in [6.07, 6.45) is 0.758. The van der Waals surface area contributed by atoms with Crippen molar-refractivity contribution in [2.24, 2.45) is 0 Å². The van der Waals surface area contributed by atoms with E-state index in [0.29, 0.717) is 16.1 Å². The number of thioether (sulfide) groups is 1. The number of nitrogens with one attached hydrogen (secondary N) is 2. The van der Waals surface area contributed by atoms with E-state index in [0.717, 1.165) is 18.2 Å². The van der Waals surface area contributed by atoms with E-state index in [2.05, 4.69) is 15.6 Å². The summed E-state index contributed by atoms with van der Waals surface area (Å²) in [5.41, 5.74) is 0.0350. The number of para-hydroxylation sites is 1. The number of carbonyl (C=O) groups is 2. The highest BCUT2D eigenvalue weighted by molar-refractivity contribution is 7.99. The van der Waals surface area contributed by atoms with Crippen molar-refractivity contribution in [3.8, 4) is 0 Å². The largest absolute Gasteiger partial charge is 0.333 e. The van der Waals surface area contributed by atoms with Gasteiger partial charge in [-0.2, -0.15) is 0 Å². The zero-order valence-corrected chi connectivity index (χ0v) is 17.1. The first-order valence-corrected chi connectivity index (χ1v) is 9.87. The fourth-order valence-corrected chi connectivity index (χ4v) is 3.36. The van der Waals surface area contributed by atoms with E-state index >= 15 is 0 Å². The van der Waals surface area contributed by atoms with Crippen molar-refractivity contribution in [1.29, 1.82) is 0 Å². The van der Waals surface area contributed by atoms with Crippen molar-refractivity contribution >= 4 is 34.6 Å². The molecule has 0 unspecified atom stereocenters. The second-order valence-electron chi connectivity index (χ2n) is 7.38. The molecule has 0 aliphatic rings. The Morgan fingerprint density at radius 2 is 1.93 bits per heavy atom. The summed E-state index contributed by atoms with van der Waals surface area (Å²) in [5, 5.41) is 5.99. The van der Waals surface area contributed by atoms with E-state index in [1.807, 2.05) is 40.7 Å². The van der Waals surface area contributed by atoms with E-state index in [4.69, 9.17) is 0 Å². The zero-order chi connectivity index (χ0) is 20.2. The molecule has 2 rings (SSSR count). The number of carbonyl (C=O) groups excluding carboxylic acids is 2. The number of urea groups is 1. The molecule has 27 heavy (non-hydrogen) atoms. The van der Waals surface area contributed by atoms with Crippen LogP contribution in [0.15, 0.2) is 34.2 Å². The van der Waals surface area contributed by atoms with Crippen LogP contribution in [0.2, 0.25) is 0 Å². The van der Waals surface area contributed by atoms with Crippen LogP contribution in [0.4, 0.5) is 4.79 Å². The quantitative estimate of drug-likeness (QED) is 0.604. The molecule has 3 amide bonds. The Morgan fingerprint density at radius 1 is 1.26 bits per heavy atom. The summed E-state index contributed by atoms with van der Waals surface area (Å²) < 4.78 is 1.62. The third-order valence-corrected chi connectivity index (χ3v) is 4.83. The summed E-state index contributed by atoms with van der Waals surface area (Å²) in [4.78, 5) is 41.3. The smallest absolute Gasteiger partial charge is 0.321 e. The molecule has 0 aliphatic heterocycles. The van der Waals surface area contributed by atoms with Gasteiger partial charge < -0.3 is 5.32 Å². The molecule has 0 fully saturated rings. The molecule has 0 aliphatic carbocycles. The summed E-state index contributed by atoms with van der Waals surface area (Å²) in [5.74, 6) is -0.460. The predicted octanol–water partition coefficient (Wildman–Crippen LogP) is 3.08. The molecule has 2 N–H and O–H groups in total. The van der Waals surface area contributed by atoms with Gasteiger partial charge in [0.05, 0.1) is 16.7 Å². The second-order valence-corrected chi connectivity index (χ2v) is 8.33. The third kappa shape index (κ3) is 5.56. The van der Waals surface area contributed by atoms with Crippen molar-refractivity contribution < 1.29 is 9.59 Å². The molecule has 0 saturated carbocycles. The highest BCUT2D eigenvalue weighted by Gasteiger charge is 2.19. The number of aromatic nitrogens is 2. The van der Waals surface area contributed by atoms with Crippen LogP contribution in [0.3, 0.4) is 0 Å². The van der Waals surface area contributed by atoms with Gasteiger partial charge in [-0.1, -0.05) is 30.8 Å². The molecule has 146 valence electrons. The highest BCUT2D eigenvalue weighted by atomic mass is 32.2. The molecular formula is C19H26N4O3S. The van der Waals surface area contributed by atoms with Gasteiger partial charge >= 0.3 is 6.03 Å².